The molecule has 1 saturated heterocycles. The molecule has 6 heteroatoms. The standard InChI is InChI=1S/C18H25N3O3/c1-13(22)15-11-16(19-12-15)18(24)21-9-7-20(8-10-21)17(23)14-5-3-2-4-6-14/h11-12,14,19H,2-10H2,1H3. The number of ketones is 1. The summed E-state index contributed by atoms with van der Waals surface area (Å²) >= 11 is 0. The van der Waals surface area contributed by atoms with Gasteiger partial charge in [0.15, 0.2) is 5.78 Å². The predicted octanol–water partition coefficient (Wildman–Crippen LogP) is 2.08. The third-order valence-electron chi connectivity index (χ3n) is 5.15. The Balaban J connectivity index is 1.55. The van der Waals surface area contributed by atoms with E-state index in [1.807, 2.05) is 4.90 Å². The molecule has 1 aromatic heterocycles. The zero-order chi connectivity index (χ0) is 17.1. The molecule has 24 heavy (non-hydrogen) atoms. The lowest BCUT2D eigenvalue weighted by molar-refractivity contribution is -0.138. The Morgan fingerprint density at radius 3 is 2.21 bits per heavy atom. The topological polar surface area (TPSA) is 73.5 Å². The Labute approximate surface area is 142 Å². The van der Waals surface area contributed by atoms with Crippen molar-refractivity contribution in [1.82, 2.24) is 14.8 Å². The van der Waals surface area contributed by atoms with Gasteiger partial charge in [0.25, 0.3) is 5.91 Å². The van der Waals surface area contributed by atoms with Gasteiger partial charge >= 0.3 is 0 Å². The minimum atomic E-state index is -0.104. The zero-order valence-electron chi connectivity index (χ0n) is 14.2. The van der Waals surface area contributed by atoms with E-state index in [0.717, 1.165) is 25.7 Å². The molecule has 1 aliphatic carbocycles. The Kier molecular flexibility index (Phi) is 5.02. The molecule has 2 amide bonds. The normalized spacial score (nSPS) is 19.4. The first-order chi connectivity index (χ1) is 11.6. The number of aromatic nitrogens is 1. The van der Waals surface area contributed by atoms with E-state index in [1.165, 1.54) is 13.3 Å². The van der Waals surface area contributed by atoms with Crippen LogP contribution in [0.2, 0.25) is 0 Å². The average Bonchev–Trinajstić information content (AvgIpc) is 3.12. The number of nitrogens with zero attached hydrogens (tertiary/aromatic N) is 2. The quantitative estimate of drug-likeness (QED) is 0.862. The molecule has 0 radical (unpaired) electrons. The molecule has 1 aliphatic heterocycles. The molecule has 0 aromatic carbocycles. The monoisotopic (exact) mass is 331 g/mol. The smallest absolute Gasteiger partial charge is 0.270 e. The molecule has 6 nitrogen and oxygen atoms in total. The Hall–Kier alpha value is -2.11. The number of nitrogens with one attached hydrogen (secondary N) is 1. The van der Waals surface area contributed by atoms with E-state index >= 15 is 0 Å². The first-order valence-electron chi connectivity index (χ1n) is 8.83. The van der Waals surface area contributed by atoms with E-state index in [9.17, 15) is 14.4 Å². The lowest BCUT2D eigenvalue weighted by atomic mass is 9.88. The molecule has 1 N–H and O–H groups in total. The highest BCUT2D eigenvalue weighted by Crippen LogP contribution is 2.26. The number of amides is 2. The highest BCUT2D eigenvalue weighted by molar-refractivity contribution is 5.99. The fourth-order valence-corrected chi connectivity index (χ4v) is 3.63. The van der Waals surface area contributed by atoms with Gasteiger partial charge in [-0.2, -0.15) is 0 Å². The lowest BCUT2D eigenvalue weighted by Gasteiger charge is -2.37. The van der Waals surface area contributed by atoms with Crippen molar-refractivity contribution in [3.8, 4) is 0 Å². The van der Waals surface area contributed by atoms with Crippen molar-refractivity contribution in [2.45, 2.75) is 39.0 Å². The first-order valence-corrected chi connectivity index (χ1v) is 8.83. The van der Waals surface area contributed by atoms with E-state index in [4.69, 9.17) is 0 Å². The van der Waals surface area contributed by atoms with Gasteiger partial charge in [-0.05, 0) is 25.8 Å². The Bertz CT molecular complexity index is 623. The Morgan fingerprint density at radius 1 is 1.00 bits per heavy atom. The highest BCUT2D eigenvalue weighted by Gasteiger charge is 2.30. The number of carbonyl (C=O) groups is 3. The van der Waals surface area contributed by atoms with Crippen molar-refractivity contribution in [3.05, 3.63) is 23.5 Å². The minimum Gasteiger partial charge on any atom is -0.356 e. The van der Waals surface area contributed by atoms with Gasteiger partial charge in [0.05, 0.1) is 0 Å². The SMILES string of the molecule is CC(=O)c1c[nH]c(C(=O)N2CCN(C(=O)C3CCCCC3)CC2)c1. The largest absolute Gasteiger partial charge is 0.356 e. The molecule has 0 spiro atoms. The second kappa shape index (κ2) is 7.20. The van der Waals surface area contributed by atoms with Crippen LogP contribution in [0.15, 0.2) is 12.3 Å². The molecule has 2 fully saturated rings. The summed E-state index contributed by atoms with van der Waals surface area (Å²) in [5.41, 5.74) is 0.955. The number of hydrogen-bond acceptors (Lipinski definition) is 3. The summed E-state index contributed by atoms with van der Waals surface area (Å²) in [6.45, 7) is 3.77. The van der Waals surface area contributed by atoms with Crippen LogP contribution in [0, 0.1) is 5.92 Å². The van der Waals surface area contributed by atoms with Crippen LogP contribution in [0.1, 0.15) is 59.9 Å². The number of Topliss-reactive ketones (excluding diaryl/α,β-unsaturated/α-hetero) is 1. The summed E-state index contributed by atoms with van der Waals surface area (Å²) < 4.78 is 0. The fraction of sp³-hybridized carbons (Fsp3) is 0.611. The Morgan fingerprint density at radius 2 is 1.62 bits per heavy atom. The van der Waals surface area contributed by atoms with Gasteiger partial charge in [0.2, 0.25) is 5.91 Å². The van der Waals surface area contributed by atoms with Gasteiger partial charge < -0.3 is 14.8 Å². The van der Waals surface area contributed by atoms with Gasteiger partial charge in [-0.15, -0.1) is 0 Å². The molecule has 3 rings (SSSR count). The number of H-pyrrole nitrogens is 1. The third kappa shape index (κ3) is 3.52. The van der Waals surface area contributed by atoms with Crippen molar-refractivity contribution in [3.63, 3.8) is 0 Å². The summed E-state index contributed by atoms with van der Waals surface area (Å²) in [6, 6.07) is 1.60. The third-order valence-corrected chi connectivity index (χ3v) is 5.15. The molecule has 2 heterocycles. The number of carbonyl (C=O) groups excluding carboxylic acids is 3. The lowest BCUT2D eigenvalue weighted by Crippen LogP contribution is -2.52. The number of rotatable bonds is 3. The van der Waals surface area contributed by atoms with E-state index in [2.05, 4.69) is 4.98 Å². The van der Waals surface area contributed by atoms with Crippen LogP contribution in [0.5, 0.6) is 0 Å². The van der Waals surface area contributed by atoms with Crippen molar-refractivity contribution in [2.24, 2.45) is 5.92 Å². The first kappa shape index (κ1) is 16.7. The maximum absolute atomic E-state index is 12.6. The van der Waals surface area contributed by atoms with Gasteiger partial charge in [0, 0.05) is 43.9 Å². The highest BCUT2D eigenvalue weighted by atomic mass is 16.2. The van der Waals surface area contributed by atoms with Crippen LogP contribution in [0.4, 0.5) is 0 Å². The minimum absolute atomic E-state index is 0.0619. The van der Waals surface area contributed by atoms with Crippen molar-refractivity contribution in [1.29, 1.82) is 0 Å². The van der Waals surface area contributed by atoms with E-state index in [0.29, 0.717) is 37.4 Å². The van der Waals surface area contributed by atoms with Crippen molar-refractivity contribution < 1.29 is 14.4 Å². The molecule has 1 aromatic rings. The maximum atomic E-state index is 12.6. The summed E-state index contributed by atoms with van der Waals surface area (Å²) in [6.07, 6.45) is 7.13. The molecule has 1 saturated carbocycles. The van der Waals surface area contributed by atoms with Gasteiger partial charge in [-0.3, -0.25) is 14.4 Å². The van der Waals surface area contributed by atoms with E-state index in [-0.39, 0.29) is 23.5 Å². The molecule has 0 unspecified atom stereocenters. The summed E-state index contributed by atoms with van der Waals surface area (Å²) in [7, 11) is 0. The number of hydrogen-bond donors (Lipinski definition) is 1. The zero-order valence-corrected chi connectivity index (χ0v) is 14.2. The van der Waals surface area contributed by atoms with E-state index < -0.39 is 0 Å². The number of piperazine rings is 1. The fourth-order valence-electron chi connectivity index (χ4n) is 3.63. The molecule has 2 aliphatic rings. The maximum Gasteiger partial charge on any atom is 0.270 e. The van der Waals surface area contributed by atoms with Crippen LogP contribution in [0.25, 0.3) is 0 Å². The van der Waals surface area contributed by atoms with E-state index in [1.54, 1.807) is 17.2 Å². The second-order valence-electron chi connectivity index (χ2n) is 6.81. The van der Waals surface area contributed by atoms with Gasteiger partial charge in [0.1, 0.15) is 5.69 Å². The molecule has 130 valence electrons. The summed E-state index contributed by atoms with van der Waals surface area (Å²) in [4.78, 5) is 42.9. The predicted molar refractivity (Wildman–Crippen MR) is 89.9 cm³/mol. The van der Waals surface area contributed by atoms with Crippen LogP contribution >= 0.6 is 0 Å². The second-order valence-corrected chi connectivity index (χ2v) is 6.81. The van der Waals surface area contributed by atoms with Gasteiger partial charge in [-0.25, -0.2) is 0 Å². The average molecular weight is 331 g/mol. The molecule has 0 bridgehead atoms. The molecular weight excluding hydrogens is 306 g/mol. The molecular formula is C18H25N3O3. The summed E-state index contributed by atoms with van der Waals surface area (Å²) in [5.74, 6) is 0.281. The van der Waals surface area contributed by atoms with Gasteiger partial charge in [-0.1, -0.05) is 19.3 Å². The van der Waals surface area contributed by atoms with Crippen molar-refractivity contribution >= 4 is 17.6 Å². The van der Waals surface area contributed by atoms with Crippen LogP contribution in [-0.2, 0) is 4.79 Å². The molecule has 0 atom stereocenters. The van der Waals surface area contributed by atoms with Crippen LogP contribution in [0.3, 0.4) is 0 Å². The van der Waals surface area contributed by atoms with Crippen LogP contribution < -0.4 is 0 Å². The van der Waals surface area contributed by atoms with Crippen LogP contribution in [-0.4, -0.2) is 58.6 Å². The summed E-state index contributed by atoms with van der Waals surface area (Å²) in [5, 5.41) is 0. The van der Waals surface area contributed by atoms with Crippen molar-refractivity contribution in [2.75, 3.05) is 26.2 Å². The number of aromatic amines is 1.